The van der Waals surface area contributed by atoms with Crippen molar-refractivity contribution < 1.29 is 20.1 Å². The molecule has 1 aliphatic heterocycles. The van der Waals surface area contributed by atoms with Gasteiger partial charge in [-0.05, 0) is 12.3 Å². The molecule has 1 heterocycles. The lowest BCUT2D eigenvalue weighted by atomic mass is 9.91. The Balaban J connectivity index is 2.00. The van der Waals surface area contributed by atoms with Crippen molar-refractivity contribution in [1.82, 2.24) is 0 Å². The molecule has 92 valence electrons. The molecule has 0 aromatic carbocycles. The molecule has 2 aliphatic rings. The van der Waals surface area contributed by atoms with Crippen LogP contribution in [0.2, 0.25) is 0 Å². The van der Waals surface area contributed by atoms with Gasteiger partial charge in [0.2, 0.25) is 0 Å². The van der Waals surface area contributed by atoms with Crippen molar-refractivity contribution in [3.63, 3.8) is 0 Å². The summed E-state index contributed by atoms with van der Waals surface area (Å²) in [6.07, 6.45) is 3.88. The van der Waals surface area contributed by atoms with Gasteiger partial charge in [0.05, 0.1) is 18.3 Å². The molecule has 16 heavy (non-hydrogen) atoms. The van der Waals surface area contributed by atoms with Crippen molar-refractivity contribution in [1.29, 1.82) is 0 Å². The summed E-state index contributed by atoms with van der Waals surface area (Å²) in [5, 5.41) is 28.7. The molecule has 0 bridgehead atoms. The summed E-state index contributed by atoms with van der Waals surface area (Å²) in [6.45, 7) is 1.91. The van der Waals surface area contributed by atoms with Crippen LogP contribution in [0.1, 0.15) is 26.2 Å². The molecular weight excluding hydrogens is 208 g/mol. The molecule has 4 heteroatoms. The lowest BCUT2D eigenvalue weighted by Crippen LogP contribution is -2.19. The van der Waals surface area contributed by atoms with Gasteiger partial charge >= 0.3 is 0 Å². The molecule has 3 N–H and O–H groups in total. The van der Waals surface area contributed by atoms with E-state index in [-0.39, 0.29) is 17.9 Å². The van der Waals surface area contributed by atoms with E-state index in [0.29, 0.717) is 19.3 Å². The average molecular weight is 228 g/mol. The molecule has 0 radical (unpaired) electrons. The van der Waals surface area contributed by atoms with Crippen molar-refractivity contribution >= 4 is 0 Å². The van der Waals surface area contributed by atoms with Crippen molar-refractivity contribution in [2.24, 2.45) is 11.8 Å². The molecular formula is C12H20O4. The van der Waals surface area contributed by atoms with E-state index in [1.165, 1.54) is 0 Å². The van der Waals surface area contributed by atoms with Crippen molar-refractivity contribution in [2.45, 2.75) is 50.8 Å². The Morgan fingerprint density at radius 2 is 2.12 bits per heavy atom. The topological polar surface area (TPSA) is 69.9 Å². The van der Waals surface area contributed by atoms with Crippen LogP contribution in [0.3, 0.4) is 0 Å². The van der Waals surface area contributed by atoms with Crippen molar-refractivity contribution in [2.75, 3.05) is 0 Å². The first-order valence-corrected chi connectivity index (χ1v) is 5.99. The van der Waals surface area contributed by atoms with Crippen LogP contribution < -0.4 is 0 Å². The van der Waals surface area contributed by atoms with Gasteiger partial charge in [-0.1, -0.05) is 19.1 Å². The number of aliphatic hydroxyl groups is 3. The third kappa shape index (κ3) is 2.30. The van der Waals surface area contributed by atoms with Crippen molar-refractivity contribution in [3.05, 3.63) is 12.2 Å². The molecule has 1 saturated carbocycles. The number of ether oxygens (including phenoxy) is 1. The number of hydrogen-bond acceptors (Lipinski definition) is 4. The Labute approximate surface area is 95.5 Å². The third-order valence-corrected chi connectivity index (χ3v) is 3.67. The van der Waals surface area contributed by atoms with E-state index in [0.717, 1.165) is 0 Å². The molecule has 0 aromatic heterocycles. The van der Waals surface area contributed by atoms with Crippen LogP contribution in [0.15, 0.2) is 12.2 Å². The quantitative estimate of drug-likeness (QED) is 0.612. The molecule has 1 aliphatic carbocycles. The minimum atomic E-state index is -0.686. The van der Waals surface area contributed by atoms with Gasteiger partial charge in [0.1, 0.15) is 0 Å². The molecule has 4 nitrogen and oxygen atoms in total. The van der Waals surface area contributed by atoms with Gasteiger partial charge in [0.15, 0.2) is 6.29 Å². The molecule has 0 unspecified atom stereocenters. The minimum Gasteiger partial charge on any atom is -0.392 e. The standard InChI is InChI=1S/C12H20O4/c1-2-7(13)3-4-8-9-5-12(15)16-11(9)6-10(8)14/h3-4,7-15H,2,5-6H2,1H3/b4-3+/t7-,8+,9+,10+,11-,12-/m0/s1. The second-order valence-corrected chi connectivity index (χ2v) is 4.77. The lowest BCUT2D eigenvalue weighted by Gasteiger charge is -2.16. The highest BCUT2D eigenvalue weighted by Gasteiger charge is 2.47. The predicted octanol–water partition coefficient (Wildman–Crippen LogP) is 0.418. The third-order valence-electron chi connectivity index (χ3n) is 3.67. The maximum absolute atomic E-state index is 9.87. The molecule has 0 amide bonds. The zero-order chi connectivity index (χ0) is 11.7. The molecule has 2 fully saturated rings. The Morgan fingerprint density at radius 3 is 2.81 bits per heavy atom. The van der Waals surface area contributed by atoms with E-state index < -0.39 is 18.5 Å². The van der Waals surface area contributed by atoms with E-state index in [2.05, 4.69) is 0 Å². The van der Waals surface area contributed by atoms with Gasteiger partial charge in [-0.25, -0.2) is 0 Å². The maximum Gasteiger partial charge on any atom is 0.155 e. The fraction of sp³-hybridized carbons (Fsp3) is 0.833. The van der Waals surface area contributed by atoms with Crippen molar-refractivity contribution in [3.8, 4) is 0 Å². The van der Waals surface area contributed by atoms with Crippen LogP contribution in [0.4, 0.5) is 0 Å². The monoisotopic (exact) mass is 228 g/mol. The molecule has 0 aromatic rings. The zero-order valence-corrected chi connectivity index (χ0v) is 9.49. The zero-order valence-electron chi connectivity index (χ0n) is 9.49. The predicted molar refractivity (Wildman–Crippen MR) is 58.5 cm³/mol. The van der Waals surface area contributed by atoms with Crippen LogP contribution in [0.25, 0.3) is 0 Å². The summed E-state index contributed by atoms with van der Waals surface area (Å²) in [5.41, 5.74) is 0. The Kier molecular flexibility index (Phi) is 3.64. The summed E-state index contributed by atoms with van der Waals surface area (Å²) in [4.78, 5) is 0. The second kappa shape index (κ2) is 4.84. The highest BCUT2D eigenvalue weighted by atomic mass is 16.6. The number of hydrogen-bond donors (Lipinski definition) is 3. The molecule has 0 spiro atoms. The summed E-state index contributed by atoms with van der Waals surface area (Å²) in [7, 11) is 0. The maximum atomic E-state index is 9.87. The first-order valence-electron chi connectivity index (χ1n) is 5.99. The second-order valence-electron chi connectivity index (χ2n) is 4.77. The number of fused-ring (bicyclic) bond motifs is 1. The largest absolute Gasteiger partial charge is 0.392 e. The number of rotatable bonds is 3. The van der Waals surface area contributed by atoms with Crippen LogP contribution in [-0.2, 0) is 4.74 Å². The number of aliphatic hydroxyl groups excluding tert-OH is 3. The van der Waals surface area contributed by atoms with Crippen LogP contribution in [-0.4, -0.2) is 39.9 Å². The molecule has 6 atom stereocenters. The van der Waals surface area contributed by atoms with E-state index in [9.17, 15) is 15.3 Å². The SMILES string of the molecule is CC[C@H](O)/C=C/[C@@H]1[C@H]2C[C@@H](O)O[C@H]2C[C@H]1O. The fourth-order valence-corrected chi connectivity index (χ4v) is 2.72. The minimum absolute atomic E-state index is 0.00310. The van der Waals surface area contributed by atoms with Gasteiger partial charge < -0.3 is 20.1 Å². The van der Waals surface area contributed by atoms with Gasteiger partial charge in [-0.15, -0.1) is 0 Å². The van der Waals surface area contributed by atoms with Gasteiger partial charge in [0.25, 0.3) is 0 Å². The highest BCUT2D eigenvalue weighted by Crippen LogP contribution is 2.43. The van der Waals surface area contributed by atoms with E-state index in [1.807, 2.05) is 13.0 Å². The van der Waals surface area contributed by atoms with Gasteiger partial charge in [0, 0.05) is 18.8 Å². The van der Waals surface area contributed by atoms with Crippen LogP contribution in [0.5, 0.6) is 0 Å². The van der Waals surface area contributed by atoms with Gasteiger partial charge in [-0.2, -0.15) is 0 Å². The average Bonchev–Trinajstić information content (AvgIpc) is 2.71. The first-order chi connectivity index (χ1) is 7.61. The Morgan fingerprint density at radius 1 is 1.38 bits per heavy atom. The van der Waals surface area contributed by atoms with E-state index in [1.54, 1.807) is 6.08 Å². The fourth-order valence-electron chi connectivity index (χ4n) is 2.72. The normalized spacial score (nSPS) is 45.1. The smallest absolute Gasteiger partial charge is 0.155 e. The van der Waals surface area contributed by atoms with Crippen LogP contribution in [0, 0.1) is 11.8 Å². The summed E-state index contributed by atoms with van der Waals surface area (Å²) >= 11 is 0. The van der Waals surface area contributed by atoms with Crippen LogP contribution >= 0.6 is 0 Å². The summed E-state index contributed by atoms with van der Waals surface area (Å²) in [5.74, 6) is 0.189. The highest BCUT2D eigenvalue weighted by molar-refractivity contribution is 5.06. The molecule has 1 saturated heterocycles. The first kappa shape index (κ1) is 12.0. The summed E-state index contributed by atoms with van der Waals surface area (Å²) < 4.78 is 5.32. The van der Waals surface area contributed by atoms with Gasteiger partial charge in [-0.3, -0.25) is 0 Å². The van der Waals surface area contributed by atoms with E-state index >= 15 is 0 Å². The Bertz CT molecular complexity index is 266. The summed E-state index contributed by atoms with van der Waals surface area (Å²) in [6, 6.07) is 0. The Hall–Kier alpha value is -0.420. The lowest BCUT2D eigenvalue weighted by molar-refractivity contribution is -0.0949. The van der Waals surface area contributed by atoms with E-state index in [4.69, 9.17) is 4.74 Å². The molecule has 2 rings (SSSR count).